The van der Waals surface area contributed by atoms with Crippen LogP contribution in [0.3, 0.4) is 0 Å². The molecule has 1 aromatic heterocycles. The number of thioether (sulfide) groups is 1. The second-order valence-corrected chi connectivity index (χ2v) is 9.25. The summed E-state index contributed by atoms with van der Waals surface area (Å²) in [6.45, 7) is 11.7. The molecule has 0 saturated carbocycles. The monoisotopic (exact) mass is 424 g/mol. The van der Waals surface area contributed by atoms with Crippen LogP contribution in [-0.2, 0) is 21.4 Å². The number of hydrogen-bond acceptors (Lipinski definition) is 5. The molecule has 2 rings (SSSR count). The van der Waals surface area contributed by atoms with Crippen LogP contribution in [0.1, 0.15) is 33.6 Å². The van der Waals surface area contributed by atoms with Crippen molar-refractivity contribution in [3.63, 3.8) is 0 Å². The van der Waals surface area contributed by atoms with E-state index >= 15 is 0 Å². The van der Waals surface area contributed by atoms with E-state index in [-0.39, 0.29) is 16.6 Å². The van der Waals surface area contributed by atoms with Crippen LogP contribution in [0.25, 0.3) is 11.0 Å². The van der Waals surface area contributed by atoms with E-state index in [1.54, 1.807) is 11.0 Å². The molecule has 154 valence electrons. The lowest BCUT2D eigenvalue weighted by atomic mass is 10.3. The Labute approximate surface area is 171 Å². The third-order valence-corrected chi connectivity index (χ3v) is 6.14. The van der Waals surface area contributed by atoms with Gasteiger partial charge in [-0.2, -0.15) is 0 Å². The summed E-state index contributed by atoms with van der Waals surface area (Å²) >= 11 is 1.37. The number of primary sulfonamides is 1. The predicted octanol–water partition coefficient (Wildman–Crippen LogP) is 3.00. The van der Waals surface area contributed by atoms with Gasteiger partial charge >= 0.3 is 0 Å². The number of nitrogens with zero attached hydrogens (tertiary/aromatic N) is 3. The molecule has 0 aliphatic heterocycles. The van der Waals surface area contributed by atoms with E-state index in [4.69, 9.17) is 5.14 Å². The van der Waals surface area contributed by atoms with Gasteiger partial charge in [-0.25, -0.2) is 18.5 Å². The number of sulfonamides is 1. The van der Waals surface area contributed by atoms with E-state index in [0.29, 0.717) is 23.8 Å². The molecule has 0 spiro atoms. The van der Waals surface area contributed by atoms with Crippen LogP contribution in [0.4, 0.5) is 0 Å². The van der Waals surface area contributed by atoms with Gasteiger partial charge in [0, 0.05) is 19.6 Å². The summed E-state index contributed by atoms with van der Waals surface area (Å²) in [5.41, 5.74) is 2.34. The predicted molar refractivity (Wildman–Crippen MR) is 114 cm³/mol. The number of carbonyl (C=O) groups is 1. The van der Waals surface area contributed by atoms with Gasteiger partial charge in [0.25, 0.3) is 0 Å². The van der Waals surface area contributed by atoms with Crippen LogP contribution in [-0.4, -0.2) is 47.6 Å². The van der Waals surface area contributed by atoms with Gasteiger partial charge < -0.3 is 9.47 Å². The van der Waals surface area contributed by atoms with Gasteiger partial charge in [0.15, 0.2) is 5.16 Å². The Balaban J connectivity index is 2.31. The normalized spacial score (nSPS) is 11.7. The first-order valence-electron chi connectivity index (χ1n) is 9.25. The maximum Gasteiger partial charge on any atom is 0.238 e. The second kappa shape index (κ2) is 9.58. The highest BCUT2D eigenvalue weighted by Crippen LogP contribution is 2.27. The third-order valence-electron chi connectivity index (χ3n) is 4.27. The lowest BCUT2D eigenvalue weighted by Crippen LogP contribution is -2.33. The molecular weight excluding hydrogens is 396 g/mol. The Morgan fingerprint density at radius 3 is 2.64 bits per heavy atom. The summed E-state index contributed by atoms with van der Waals surface area (Å²) in [6, 6.07) is 4.70. The first-order valence-corrected chi connectivity index (χ1v) is 11.8. The number of benzene rings is 1. The van der Waals surface area contributed by atoms with E-state index in [1.807, 2.05) is 18.4 Å². The minimum absolute atomic E-state index is 0.0230. The molecule has 0 radical (unpaired) electrons. The summed E-state index contributed by atoms with van der Waals surface area (Å²) in [7, 11) is -3.79. The van der Waals surface area contributed by atoms with Crippen LogP contribution in [0.15, 0.2) is 40.4 Å². The molecule has 9 heteroatoms. The van der Waals surface area contributed by atoms with Crippen molar-refractivity contribution in [3.8, 4) is 0 Å². The highest BCUT2D eigenvalue weighted by molar-refractivity contribution is 7.99. The molecule has 1 amide bonds. The highest BCUT2D eigenvalue weighted by atomic mass is 32.2. The number of fused-ring (bicyclic) bond motifs is 1. The number of carbonyl (C=O) groups excluding carboxylic acids is 1. The molecule has 0 unspecified atom stereocenters. The van der Waals surface area contributed by atoms with Gasteiger partial charge in [-0.1, -0.05) is 37.3 Å². The van der Waals surface area contributed by atoms with Crippen molar-refractivity contribution in [1.82, 2.24) is 14.5 Å². The zero-order valence-electron chi connectivity index (χ0n) is 16.6. The van der Waals surface area contributed by atoms with Crippen LogP contribution in [0, 0.1) is 0 Å². The first-order chi connectivity index (χ1) is 13.2. The number of aromatic nitrogens is 2. The lowest BCUT2D eigenvalue weighted by molar-refractivity contribution is -0.127. The van der Waals surface area contributed by atoms with Crippen LogP contribution in [0.2, 0.25) is 0 Å². The highest BCUT2D eigenvalue weighted by Gasteiger charge is 2.18. The molecule has 0 fully saturated rings. The fourth-order valence-electron chi connectivity index (χ4n) is 2.83. The number of hydrogen-bond donors (Lipinski definition) is 1. The van der Waals surface area contributed by atoms with Crippen molar-refractivity contribution in [1.29, 1.82) is 0 Å². The number of aryl methyl sites for hydroxylation is 1. The fourth-order valence-corrected chi connectivity index (χ4v) is 4.30. The van der Waals surface area contributed by atoms with Crippen molar-refractivity contribution >= 4 is 38.7 Å². The van der Waals surface area contributed by atoms with Crippen LogP contribution in [0.5, 0.6) is 0 Å². The van der Waals surface area contributed by atoms with Crippen molar-refractivity contribution in [2.24, 2.45) is 5.14 Å². The number of unbranched alkanes of at least 4 members (excludes halogenated alkanes) is 1. The minimum atomic E-state index is -3.79. The number of nitrogens with two attached hydrogens (primary N) is 1. The van der Waals surface area contributed by atoms with Gasteiger partial charge in [-0.15, -0.1) is 0 Å². The zero-order valence-corrected chi connectivity index (χ0v) is 18.3. The average Bonchev–Trinajstić information content (AvgIpc) is 2.98. The van der Waals surface area contributed by atoms with Crippen molar-refractivity contribution in [3.05, 3.63) is 30.4 Å². The molecule has 7 nitrogen and oxygen atoms in total. The lowest BCUT2D eigenvalue weighted by Gasteiger charge is -2.20. The summed E-state index contributed by atoms with van der Waals surface area (Å²) in [6.07, 6.45) is 1.97. The molecule has 0 aliphatic rings. The standard InChI is InChI=1S/C19H28N4O3S2/c1-5-7-10-23-17-9-8-15(28(20,25)26)11-16(17)21-19(23)27-13-18(24)22(6-2)12-14(3)4/h8-9,11H,3,5-7,10,12-13H2,1-2,4H3,(H2,20,25,26). The third kappa shape index (κ3) is 5.59. The largest absolute Gasteiger partial charge is 0.338 e. The number of amides is 1. The Hall–Kier alpha value is -1.84. The zero-order chi connectivity index (χ0) is 20.9. The van der Waals surface area contributed by atoms with Crippen LogP contribution >= 0.6 is 11.8 Å². The van der Waals surface area contributed by atoms with E-state index in [1.165, 1.54) is 23.9 Å². The van der Waals surface area contributed by atoms with E-state index in [2.05, 4.69) is 18.5 Å². The quantitative estimate of drug-likeness (QED) is 0.467. The summed E-state index contributed by atoms with van der Waals surface area (Å²) < 4.78 is 25.3. The fraction of sp³-hybridized carbons (Fsp3) is 0.474. The maximum atomic E-state index is 12.5. The van der Waals surface area contributed by atoms with Gasteiger partial charge in [-0.3, -0.25) is 4.79 Å². The molecule has 2 aromatic rings. The summed E-state index contributed by atoms with van der Waals surface area (Å²) in [5, 5.41) is 5.94. The molecule has 0 aliphatic carbocycles. The van der Waals surface area contributed by atoms with E-state index < -0.39 is 10.0 Å². The summed E-state index contributed by atoms with van der Waals surface area (Å²) in [4.78, 5) is 18.9. The van der Waals surface area contributed by atoms with Gasteiger partial charge in [0.1, 0.15) is 0 Å². The molecule has 28 heavy (non-hydrogen) atoms. The second-order valence-electron chi connectivity index (χ2n) is 6.75. The Bertz CT molecular complexity index is 967. The number of likely N-dealkylation sites (N-methyl/N-ethyl adjacent to an activating group) is 1. The van der Waals surface area contributed by atoms with E-state index in [9.17, 15) is 13.2 Å². The SMILES string of the molecule is C=C(C)CN(CC)C(=O)CSc1nc2cc(S(N)(=O)=O)ccc2n1CCCC. The molecule has 0 saturated heterocycles. The molecule has 2 N–H and O–H groups in total. The van der Waals surface area contributed by atoms with Gasteiger partial charge in [-0.05, 0) is 38.5 Å². The topological polar surface area (TPSA) is 98.3 Å². The van der Waals surface area contributed by atoms with Gasteiger partial charge in [0.2, 0.25) is 15.9 Å². The van der Waals surface area contributed by atoms with Crippen LogP contribution < -0.4 is 5.14 Å². The molecule has 0 bridgehead atoms. The summed E-state index contributed by atoms with van der Waals surface area (Å²) in [5.74, 6) is 0.285. The Kier molecular flexibility index (Phi) is 7.68. The first kappa shape index (κ1) is 22.4. The van der Waals surface area contributed by atoms with Gasteiger partial charge in [0.05, 0.1) is 21.7 Å². The molecule has 1 aromatic carbocycles. The minimum Gasteiger partial charge on any atom is -0.338 e. The molecule has 0 atom stereocenters. The van der Waals surface area contributed by atoms with Crippen molar-refractivity contribution in [2.75, 3.05) is 18.8 Å². The van der Waals surface area contributed by atoms with E-state index in [0.717, 1.165) is 30.5 Å². The Morgan fingerprint density at radius 1 is 1.36 bits per heavy atom. The molecule has 1 heterocycles. The number of imidazole rings is 1. The maximum absolute atomic E-state index is 12.5. The number of rotatable bonds is 10. The Morgan fingerprint density at radius 2 is 2.07 bits per heavy atom. The van der Waals surface area contributed by atoms with Crippen molar-refractivity contribution in [2.45, 2.75) is 50.2 Å². The van der Waals surface area contributed by atoms with Crippen molar-refractivity contribution < 1.29 is 13.2 Å². The smallest absolute Gasteiger partial charge is 0.238 e. The average molecular weight is 425 g/mol. The molecular formula is C19H28N4O3S2.